The summed E-state index contributed by atoms with van der Waals surface area (Å²) in [6.45, 7) is 3.41. The Labute approximate surface area is 173 Å². The van der Waals surface area contributed by atoms with Gasteiger partial charge in [0.25, 0.3) is 0 Å². The number of hydrogen-bond donors (Lipinski definition) is 0. The molecule has 0 radical (unpaired) electrons. The van der Waals surface area contributed by atoms with Crippen molar-refractivity contribution in [2.75, 3.05) is 6.54 Å². The molecular formula is C23H21N3O2S. The lowest BCUT2D eigenvalue weighted by Gasteiger charge is -2.37. The quantitative estimate of drug-likeness (QED) is 0.497. The first-order chi connectivity index (χ1) is 14.2. The second kappa shape index (κ2) is 7.37. The highest BCUT2D eigenvalue weighted by Gasteiger charge is 2.32. The number of fused-ring (bicyclic) bond motifs is 1. The summed E-state index contributed by atoms with van der Waals surface area (Å²) in [7, 11) is 0. The summed E-state index contributed by atoms with van der Waals surface area (Å²) in [5.41, 5.74) is 3.07. The van der Waals surface area contributed by atoms with Crippen LogP contribution in [-0.4, -0.2) is 26.9 Å². The van der Waals surface area contributed by atoms with Crippen molar-refractivity contribution in [1.29, 1.82) is 0 Å². The van der Waals surface area contributed by atoms with Gasteiger partial charge in [-0.1, -0.05) is 30.3 Å². The maximum absolute atomic E-state index is 13.3. The third-order valence-corrected chi connectivity index (χ3v) is 6.21. The van der Waals surface area contributed by atoms with Crippen LogP contribution in [0.2, 0.25) is 0 Å². The first kappa shape index (κ1) is 17.9. The molecule has 6 heteroatoms. The number of furan rings is 1. The molecule has 5 rings (SSSR count). The van der Waals surface area contributed by atoms with E-state index < -0.39 is 0 Å². The van der Waals surface area contributed by atoms with Crippen LogP contribution in [0.15, 0.2) is 70.6 Å². The molecule has 5 nitrogen and oxygen atoms in total. The highest BCUT2D eigenvalue weighted by molar-refractivity contribution is 7.13. The molecule has 0 aliphatic carbocycles. The molecule has 1 aliphatic heterocycles. The van der Waals surface area contributed by atoms with E-state index in [4.69, 9.17) is 4.42 Å². The number of rotatable bonds is 4. The van der Waals surface area contributed by atoms with Gasteiger partial charge >= 0.3 is 0 Å². The fourth-order valence-electron chi connectivity index (χ4n) is 3.95. The summed E-state index contributed by atoms with van der Waals surface area (Å²) in [6, 6.07) is 18.2. The predicted octanol–water partition coefficient (Wildman–Crippen LogP) is 4.69. The van der Waals surface area contributed by atoms with Crippen molar-refractivity contribution in [3.05, 3.63) is 88.9 Å². The number of hydrogen-bond acceptors (Lipinski definition) is 4. The van der Waals surface area contributed by atoms with Gasteiger partial charge in [-0.15, -0.1) is 11.3 Å². The van der Waals surface area contributed by atoms with Gasteiger partial charge in [0.05, 0.1) is 18.2 Å². The van der Waals surface area contributed by atoms with Crippen LogP contribution in [0, 0.1) is 6.92 Å². The Bertz CT molecular complexity index is 1140. The number of thiazole rings is 1. The Morgan fingerprint density at radius 2 is 2.00 bits per heavy atom. The average molecular weight is 404 g/mol. The van der Waals surface area contributed by atoms with Gasteiger partial charge in [-0.2, -0.15) is 0 Å². The Morgan fingerprint density at radius 1 is 1.14 bits per heavy atom. The normalized spacial score (nSPS) is 16.0. The standard InChI is InChI=1S/C23H21N3O2S/c1-16-9-10-20(28-16)23-24-18(15-29-23)14-21(27)26-13-12-25-11-5-8-19(25)22(26)17-6-3-2-4-7-17/h2-11,15,22H,12-14H2,1H3. The third kappa shape index (κ3) is 3.40. The molecule has 0 fully saturated rings. The predicted molar refractivity (Wildman–Crippen MR) is 113 cm³/mol. The number of nitrogens with zero attached hydrogens (tertiary/aromatic N) is 3. The maximum atomic E-state index is 13.3. The lowest BCUT2D eigenvalue weighted by molar-refractivity contribution is -0.133. The van der Waals surface area contributed by atoms with Gasteiger partial charge in [0, 0.05) is 30.4 Å². The van der Waals surface area contributed by atoms with E-state index in [2.05, 4.69) is 40.0 Å². The Hall–Kier alpha value is -3.12. The van der Waals surface area contributed by atoms with Crippen LogP contribution < -0.4 is 0 Å². The molecule has 0 N–H and O–H groups in total. The summed E-state index contributed by atoms with van der Waals surface area (Å²) in [6.07, 6.45) is 2.38. The second-order valence-electron chi connectivity index (χ2n) is 7.26. The highest BCUT2D eigenvalue weighted by Crippen LogP contribution is 2.33. The monoisotopic (exact) mass is 403 g/mol. The van der Waals surface area contributed by atoms with E-state index in [9.17, 15) is 4.79 Å². The van der Waals surface area contributed by atoms with Crippen molar-refractivity contribution in [2.45, 2.75) is 25.9 Å². The van der Waals surface area contributed by atoms with Gasteiger partial charge in [-0.05, 0) is 36.8 Å². The molecule has 1 atom stereocenters. The molecule has 0 spiro atoms. The van der Waals surface area contributed by atoms with Gasteiger partial charge < -0.3 is 13.9 Å². The van der Waals surface area contributed by atoms with E-state index in [-0.39, 0.29) is 11.9 Å². The fraction of sp³-hybridized carbons (Fsp3) is 0.217. The molecule has 3 aromatic heterocycles. The highest BCUT2D eigenvalue weighted by atomic mass is 32.1. The molecule has 0 saturated carbocycles. The molecule has 4 aromatic rings. The van der Waals surface area contributed by atoms with Crippen molar-refractivity contribution >= 4 is 17.2 Å². The van der Waals surface area contributed by atoms with Crippen LogP contribution in [-0.2, 0) is 17.8 Å². The average Bonchev–Trinajstić information content (AvgIpc) is 3.48. The van der Waals surface area contributed by atoms with E-state index in [0.29, 0.717) is 13.0 Å². The van der Waals surface area contributed by atoms with E-state index in [1.807, 2.05) is 47.5 Å². The van der Waals surface area contributed by atoms with E-state index in [0.717, 1.165) is 40.0 Å². The molecule has 4 heterocycles. The van der Waals surface area contributed by atoms with Gasteiger partial charge in [0.15, 0.2) is 10.8 Å². The maximum Gasteiger partial charge on any atom is 0.229 e. The van der Waals surface area contributed by atoms with Crippen LogP contribution in [0.5, 0.6) is 0 Å². The first-order valence-corrected chi connectivity index (χ1v) is 10.6. The van der Waals surface area contributed by atoms with E-state index in [1.54, 1.807) is 0 Å². The van der Waals surface area contributed by atoms with Gasteiger partial charge in [0.1, 0.15) is 5.76 Å². The molecule has 146 valence electrons. The largest absolute Gasteiger partial charge is 0.459 e. The molecule has 1 amide bonds. The van der Waals surface area contributed by atoms with Crippen LogP contribution >= 0.6 is 11.3 Å². The Balaban J connectivity index is 1.41. The molecule has 0 bridgehead atoms. The molecule has 1 unspecified atom stereocenters. The number of carbonyl (C=O) groups excluding carboxylic acids is 1. The van der Waals surface area contributed by atoms with Gasteiger partial charge in [-0.25, -0.2) is 4.98 Å². The summed E-state index contributed by atoms with van der Waals surface area (Å²) in [4.78, 5) is 19.9. The molecule has 29 heavy (non-hydrogen) atoms. The van der Waals surface area contributed by atoms with Crippen molar-refractivity contribution in [1.82, 2.24) is 14.5 Å². The summed E-state index contributed by atoms with van der Waals surface area (Å²) in [5.74, 6) is 1.71. The zero-order valence-electron chi connectivity index (χ0n) is 16.1. The minimum Gasteiger partial charge on any atom is -0.459 e. The van der Waals surface area contributed by atoms with Crippen LogP contribution in [0.1, 0.15) is 28.8 Å². The smallest absolute Gasteiger partial charge is 0.229 e. The zero-order chi connectivity index (χ0) is 19.8. The van der Waals surface area contributed by atoms with Crippen molar-refractivity contribution in [2.24, 2.45) is 0 Å². The Morgan fingerprint density at radius 3 is 2.79 bits per heavy atom. The number of benzene rings is 1. The minimum absolute atomic E-state index is 0.0710. The summed E-state index contributed by atoms with van der Waals surface area (Å²) < 4.78 is 7.90. The SMILES string of the molecule is Cc1ccc(-c2nc(CC(=O)N3CCn4cccc4C3c3ccccc3)cs2)o1. The van der Waals surface area contributed by atoms with Crippen molar-refractivity contribution in [3.63, 3.8) is 0 Å². The molecule has 0 saturated heterocycles. The summed E-state index contributed by atoms with van der Waals surface area (Å²) >= 11 is 1.51. The van der Waals surface area contributed by atoms with Gasteiger partial charge in [0.2, 0.25) is 5.91 Å². The topological polar surface area (TPSA) is 51.3 Å². The van der Waals surface area contributed by atoms with Gasteiger partial charge in [-0.3, -0.25) is 4.79 Å². The fourth-order valence-corrected chi connectivity index (χ4v) is 4.72. The second-order valence-corrected chi connectivity index (χ2v) is 8.12. The third-order valence-electron chi connectivity index (χ3n) is 5.31. The number of aromatic nitrogens is 2. The number of carbonyl (C=O) groups is 1. The van der Waals surface area contributed by atoms with Crippen LogP contribution in [0.3, 0.4) is 0 Å². The number of amides is 1. The van der Waals surface area contributed by atoms with Crippen LogP contribution in [0.4, 0.5) is 0 Å². The zero-order valence-corrected chi connectivity index (χ0v) is 16.9. The minimum atomic E-state index is -0.0710. The van der Waals surface area contributed by atoms with Crippen LogP contribution in [0.25, 0.3) is 10.8 Å². The van der Waals surface area contributed by atoms with E-state index in [1.165, 1.54) is 11.3 Å². The summed E-state index contributed by atoms with van der Waals surface area (Å²) in [5, 5.41) is 2.77. The molecular weight excluding hydrogens is 382 g/mol. The van der Waals surface area contributed by atoms with E-state index >= 15 is 0 Å². The lowest BCUT2D eigenvalue weighted by Crippen LogP contribution is -2.43. The first-order valence-electron chi connectivity index (χ1n) is 9.70. The molecule has 1 aromatic carbocycles. The Kier molecular flexibility index (Phi) is 4.56. The molecule has 1 aliphatic rings. The van der Waals surface area contributed by atoms with Crippen molar-refractivity contribution in [3.8, 4) is 10.8 Å². The van der Waals surface area contributed by atoms with Crippen molar-refractivity contribution < 1.29 is 9.21 Å². The number of aryl methyl sites for hydroxylation is 1. The lowest BCUT2D eigenvalue weighted by atomic mass is 9.99.